The molecular weight excluding hydrogens is 480 g/mol. The van der Waals surface area contributed by atoms with Crippen molar-refractivity contribution < 1.29 is 19.8 Å². The summed E-state index contributed by atoms with van der Waals surface area (Å²) >= 11 is 0. The second kappa shape index (κ2) is 13.2. The summed E-state index contributed by atoms with van der Waals surface area (Å²) in [7, 11) is 0. The molecule has 0 aliphatic rings. The Bertz CT molecular complexity index is 1160. The van der Waals surface area contributed by atoms with Crippen LogP contribution in [0.2, 0.25) is 0 Å². The Morgan fingerprint density at radius 3 is 2.13 bits per heavy atom. The molecule has 8 nitrogen and oxygen atoms in total. The van der Waals surface area contributed by atoms with E-state index in [4.69, 9.17) is 5.73 Å². The fourth-order valence-corrected chi connectivity index (χ4v) is 4.44. The molecule has 0 saturated heterocycles. The van der Waals surface area contributed by atoms with Gasteiger partial charge in [0.1, 0.15) is 6.04 Å². The zero-order valence-electron chi connectivity index (χ0n) is 22.2. The van der Waals surface area contributed by atoms with E-state index in [-0.39, 0.29) is 12.5 Å². The summed E-state index contributed by atoms with van der Waals surface area (Å²) in [6.45, 7) is 5.35. The molecule has 202 valence electrons. The summed E-state index contributed by atoms with van der Waals surface area (Å²) in [5.41, 5.74) is 9.68. The summed E-state index contributed by atoms with van der Waals surface area (Å²) in [6.07, 6.45) is 2.48. The van der Waals surface area contributed by atoms with E-state index in [2.05, 4.69) is 15.6 Å². The summed E-state index contributed by atoms with van der Waals surface area (Å²) < 4.78 is 0. The van der Waals surface area contributed by atoms with Gasteiger partial charge in [-0.3, -0.25) is 9.78 Å². The van der Waals surface area contributed by atoms with Crippen molar-refractivity contribution in [1.29, 1.82) is 0 Å². The van der Waals surface area contributed by atoms with E-state index in [1.165, 1.54) is 0 Å². The molecule has 2 amide bonds. The number of carbonyl (C=O) groups excluding carboxylic acids is 1. The molecule has 0 bridgehead atoms. The maximum absolute atomic E-state index is 13.3. The van der Waals surface area contributed by atoms with Crippen molar-refractivity contribution in [3.8, 4) is 11.1 Å². The van der Waals surface area contributed by atoms with Gasteiger partial charge >= 0.3 is 6.09 Å². The minimum absolute atomic E-state index is 0.264. The number of nitrogens with zero attached hydrogens (tertiary/aromatic N) is 1. The summed E-state index contributed by atoms with van der Waals surface area (Å²) in [6, 6.07) is 19.5. The molecule has 38 heavy (non-hydrogen) atoms. The average molecular weight is 519 g/mol. The molecule has 0 spiro atoms. The zero-order chi connectivity index (χ0) is 27.7. The van der Waals surface area contributed by atoms with Crippen LogP contribution in [0.3, 0.4) is 0 Å². The molecule has 0 aliphatic heterocycles. The second-order valence-corrected chi connectivity index (χ2v) is 10.8. The van der Waals surface area contributed by atoms with Gasteiger partial charge in [0.2, 0.25) is 5.91 Å². The van der Waals surface area contributed by atoms with Gasteiger partial charge in [-0.2, -0.15) is 0 Å². The highest BCUT2D eigenvalue weighted by molar-refractivity contribution is 5.86. The molecule has 0 aliphatic carbocycles. The highest BCUT2D eigenvalue weighted by atomic mass is 16.4. The lowest BCUT2D eigenvalue weighted by Gasteiger charge is -2.33. The van der Waals surface area contributed by atoms with Gasteiger partial charge in [0, 0.05) is 18.4 Å². The molecule has 3 aromatic rings. The van der Waals surface area contributed by atoms with E-state index in [0.717, 1.165) is 22.3 Å². The van der Waals surface area contributed by atoms with E-state index >= 15 is 0 Å². The van der Waals surface area contributed by atoms with Gasteiger partial charge in [0.25, 0.3) is 0 Å². The highest BCUT2D eigenvalue weighted by Crippen LogP contribution is 2.22. The third kappa shape index (κ3) is 8.68. The highest BCUT2D eigenvalue weighted by Gasteiger charge is 2.35. The first-order chi connectivity index (χ1) is 18.0. The topological polar surface area (TPSA) is 138 Å². The first-order valence-corrected chi connectivity index (χ1v) is 12.8. The Labute approximate surface area is 224 Å². The van der Waals surface area contributed by atoms with Gasteiger partial charge in [-0.15, -0.1) is 0 Å². The van der Waals surface area contributed by atoms with Crippen LogP contribution in [-0.2, 0) is 17.6 Å². The van der Waals surface area contributed by atoms with Crippen molar-refractivity contribution in [2.24, 2.45) is 11.1 Å². The van der Waals surface area contributed by atoms with Crippen LogP contribution in [-0.4, -0.2) is 51.4 Å². The van der Waals surface area contributed by atoms with Crippen LogP contribution in [0.1, 0.15) is 38.3 Å². The van der Waals surface area contributed by atoms with Gasteiger partial charge in [0.05, 0.1) is 12.1 Å². The number of pyridine rings is 1. The van der Waals surface area contributed by atoms with Crippen molar-refractivity contribution in [2.75, 3.05) is 0 Å². The van der Waals surface area contributed by atoms with E-state index in [1.807, 2.05) is 66.7 Å². The number of carboxylic acid groups (broad SMARTS) is 1. The SMILES string of the molecule is CC(C)(C)[C@H](NC(=O)O)C(=O)N[C@@H](Cc1ccc(-c2cccnc2)cc1)[C@H](O)C[C@@H](N)Cc1ccccc1. The van der Waals surface area contributed by atoms with E-state index in [1.54, 1.807) is 33.2 Å². The maximum Gasteiger partial charge on any atom is 0.405 e. The molecule has 0 fully saturated rings. The van der Waals surface area contributed by atoms with Crippen molar-refractivity contribution >= 4 is 12.0 Å². The zero-order valence-corrected chi connectivity index (χ0v) is 22.2. The lowest BCUT2D eigenvalue weighted by atomic mass is 9.85. The molecule has 4 atom stereocenters. The number of nitrogens with two attached hydrogens (primary N) is 1. The third-order valence-electron chi connectivity index (χ3n) is 6.48. The lowest BCUT2D eigenvalue weighted by Crippen LogP contribution is -2.57. The standard InChI is InChI=1S/C30H38N4O4/c1-30(2,3)27(34-29(37)38)28(36)33-25(26(35)18-24(31)16-20-8-5-4-6-9-20)17-21-11-13-22(14-12-21)23-10-7-15-32-19-23/h4-15,19,24-27,34-35H,16-18,31H2,1-3H3,(H,33,36)(H,37,38)/t24-,25-,26+,27+/m0/s1. The minimum atomic E-state index is -1.28. The Hall–Kier alpha value is -3.75. The molecule has 8 heteroatoms. The second-order valence-electron chi connectivity index (χ2n) is 10.8. The molecule has 2 aromatic carbocycles. The molecule has 0 saturated carbocycles. The predicted octanol–water partition coefficient (Wildman–Crippen LogP) is 3.78. The summed E-state index contributed by atoms with van der Waals surface area (Å²) in [5, 5.41) is 25.8. The number of aliphatic hydroxyl groups is 1. The monoisotopic (exact) mass is 518 g/mol. The van der Waals surface area contributed by atoms with Gasteiger partial charge in [-0.05, 0) is 53.0 Å². The molecule has 1 aromatic heterocycles. The Balaban J connectivity index is 1.78. The first kappa shape index (κ1) is 28.8. The Morgan fingerprint density at radius 1 is 0.895 bits per heavy atom. The number of amides is 2. The van der Waals surface area contributed by atoms with Crippen molar-refractivity contribution in [1.82, 2.24) is 15.6 Å². The first-order valence-electron chi connectivity index (χ1n) is 12.8. The van der Waals surface area contributed by atoms with Crippen LogP contribution < -0.4 is 16.4 Å². The van der Waals surface area contributed by atoms with Crippen LogP contribution in [0.25, 0.3) is 11.1 Å². The maximum atomic E-state index is 13.3. The van der Waals surface area contributed by atoms with Crippen LogP contribution in [0.4, 0.5) is 4.79 Å². The van der Waals surface area contributed by atoms with E-state index < -0.39 is 35.6 Å². The number of aliphatic hydroxyl groups excluding tert-OH is 1. The average Bonchev–Trinajstić information content (AvgIpc) is 2.87. The smallest absolute Gasteiger partial charge is 0.405 e. The van der Waals surface area contributed by atoms with E-state index in [0.29, 0.717) is 12.8 Å². The van der Waals surface area contributed by atoms with Crippen molar-refractivity contribution in [3.05, 3.63) is 90.3 Å². The molecule has 1 heterocycles. The van der Waals surface area contributed by atoms with E-state index in [9.17, 15) is 19.8 Å². The minimum Gasteiger partial charge on any atom is -0.465 e. The number of aromatic nitrogens is 1. The Morgan fingerprint density at radius 2 is 1.55 bits per heavy atom. The molecule has 3 rings (SSSR count). The number of carbonyl (C=O) groups is 2. The largest absolute Gasteiger partial charge is 0.465 e. The molecule has 0 radical (unpaired) electrons. The number of nitrogens with one attached hydrogen (secondary N) is 2. The number of benzene rings is 2. The number of rotatable bonds is 11. The van der Waals surface area contributed by atoms with Crippen LogP contribution in [0.5, 0.6) is 0 Å². The van der Waals surface area contributed by atoms with Crippen molar-refractivity contribution in [2.45, 2.75) is 64.3 Å². The van der Waals surface area contributed by atoms with Crippen LogP contribution in [0, 0.1) is 5.41 Å². The Kier molecular flexibility index (Phi) is 9.98. The number of hydrogen-bond donors (Lipinski definition) is 5. The normalized spacial score (nSPS) is 14.7. The van der Waals surface area contributed by atoms with Gasteiger partial charge in [0.15, 0.2) is 0 Å². The fourth-order valence-electron chi connectivity index (χ4n) is 4.44. The van der Waals surface area contributed by atoms with Gasteiger partial charge < -0.3 is 26.6 Å². The lowest BCUT2D eigenvalue weighted by molar-refractivity contribution is -0.127. The molecule has 0 unspecified atom stereocenters. The summed E-state index contributed by atoms with van der Waals surface area (Å²) in [5.74, 6) is -0.493. The van der Waals surface area contributed by atoms with Crippen LogP contribution in [0.15, 0.2) is 79.1 Å². The summed E-state index contributed by atoms with van der Waals surface area (Å²) in [4.78, 5) is 28.8. The third-order valence-corrected chi connectivity index (χ3v) is 6.48. The van der Waals surface area contributed by atoms with Crippen molar-refractivity contribution in [3.63, 3.8) is 0 Å². The quantitative estimate of drug-likeness (QED) is 0.262. The van der Waals surface area contributed by atoms with Gasteiger partial charge in [-0.1, -0.05) is 81.4 Å². The molecular formula is C30H38N4O4. The fraction of sp³-hybridized carbons (Fsp3) is 0.367. The van der Waals surface area contributed by atoms with Gasteiger partial charge in [-0.25, -0.2) is 4.79 Å². The number of hydrogen-bond acceptors (Lipinski definition) is 5. The predicted molar refractivity (Wildman–Crippen MR) is 148 cm³/mol. The molecule has 6 N–H and O–H groups in total. The van der Waals surface area contributed by atoms with Crippen LogP contribution >= 0.6 is 0 Å².